The Balaban J connectivity index is 2.08. The topological polar surface area (TPSA) is 35.2 Å². The molecular weight excluding hydrogens is 205 g/mol. The van der Waals surface area contributed by atoms with E-state index < -0.39 is 5.67 Å². The van der Waals surface area contributed by atoms with Crippen LogP contribution in [0.1, 0.15) is 24.0 Å². The van der Waals surface area contributed by atoms with Crippen LogP contribution in [0.2, 0.25) is 0 Å². The van der Waals surface area contributed by atoms with Gasteiger partial charge in [0.05, 0.1) is 6.61 Å². The van der Waals surface area contributed by atoms with Crippen molar-refractivity contribution in [3.05, 3.63) is 29.3 Å². The van der Waals surface area contributed by atoms with Crippen LogP contribution >= 0.6 is 0 Å². The Morgan fingerprint density at radius 2 is 2.25 bits per heavy atom. The second-order valence-electron chi connectivity index (χ2n) is 4.73. The molecule has 0 amide bonds. The molecule has 1 aliphatic carbocycles. The summed E-state index contributed by atoms with van der Waals surface area (Å²) in [6.07, 6.45) is 2.77. The molecule has 2 nitrogen and oxygen atoms in total. The summed E-state index contributed by atoms with van der Waals surface area (Å²) in [5, 5.41) is 0. The van der Waals surface area contributed by atoms with Gasteiger partial charge < -0.3 is 10.5 Å². The van der Waals surface area contributed by atoms with Crippen molar-refractivity contribution in [2.75, 3.05) is 13.2 Å². The Labute approximate surface area is 94.6 Å². The third-order valence-electron chi connectivity index (χ3n) is 3.68. The van der Waals surface area contributed by atoms with E-state index in [0.717, 1.165) is 30.6 Å². The molecule has 1 aromatic rings. The molecule has 3 heteroatoms. The number of hydrogen-bond donors (Lipinski definition) is 1. The zero-order valence-electron chi connectivity index (χ0n) is 9.21. The lowest BCUT2D eigenvalue weighted by Gasteiger charge is -2.25. The van der Waals surface area contributed by atoms with Gasteiger partial charge in [-0.05, 0) is 24.3 Å². The molecule has 2 aliphatic rings. The van der Waals surface area contributed by atoms with Crippen molar-refractivity contribution in [1.82, 2.24) is 0 Å². The molecule has 1 atom stereocenters. The lowest BCUT2D eigenvalue weighted by Crippen LogP contribution is -2.33. The summed E-state index contributed by atoms with van der Waals surface area (Å²) in [6.45, 7) is 0.717. The molecule has 1 saturated carbocycles. The zero-order chi connectivity index (χ0) is 11.2. The van der Waals surface area contributed by atoms with Crippen LogP contribution in [0.25, 0.3) is 0 Å². The molecule has 1 aliphatic heterocycles. The van der Waals surface area contributed by atoms with Crippen LogP contribution in [0.4, 0.5) is 4.39 Å². The van der Waals surface area contributed by atoms with E-state index in [9.17, 15) is 4.39 Å². The fourth-order valence-electron chi connectivity index (χ4n) is 2.58. The first kappa shape index (κ1) is 10.1. The van der Waals surface area contributed by atoms with E-state index in [1.807, 2.05) is 18.2 Å². The van der Waals surface area contributed by atoms with Crippen molar-refractivity contribution in [2.24, 2.45) is 11.7 Å². The van der Waals surface area contributed by atoms with Crippen LogP contribution in [0.15, 0.2) is 18.2 Å². The zero-order valence-corrected chi connectivity index (χ0v) is 9.21. The minimum Gasteiger partial charge on any atom is -0.493 e. The summed E-state index contributed by atoms with van der Waals surface area (Å²) in [4.78, 5) is 0. The molecule has 3 rings (SSSR count). The number of hydrogen-bond acceptors (Lipinski definition) is 2. The van der Waals surface area contributed by atoms with Gasteiger partial charge >= 0.3 is 0 Å². The molecule has 1 fully saturated rings. The van der Waals surface area contributed by atoms with Crippen molar-refractivity contribution in [3.8, 4) is 5.75 Å². The second kappa shape index (κ2) is 3.45. The van der Waals surface area contributed by atoms with Crippen LogP contribution in [-0.4, -0.2) is 13.2 Å². The van der Waals surface area contributed by atoms with E-state index >= 15 is 0 Å². The van der Waals surface area contributed by atoms with E-state index in [4.69, 9.17) is 10.5 Å². The Hall–Kier alpha value is -1.09. The van der Waals surface area contributed by atoms with Gasteiger partial charge in [0.1, 0.15) is 5.75 Å². The van der Waals surface area contributed by atoms with Crippen molar-refractivity contribution in [1.29, 1.82) is 0 Å². The SMILES string of the molecule is NCC(F)(c1cccc2c1OCC2)C1CC1. The number of alkyl halides is 1. The molecular formula is C13H16FNO. The highest BCUT2D eigenvalue weighted by Gasteiger charge is 2.48. The van der Waals surface area contributed by atoms with Crippen LogP contribution in [0, 0.1) is 5.92 Å². The van der Waals surface area contributed by atoms with Crippen molar-refractivity contribution in [3.63, 3.8) is 0 Å². The molecule has 0 saturated heterocycles. The van der Waals surface area contributed by atoms with Crippen LogP contribution in [0.3, 0.4) is 0 Å². The van der Waals surface area contributed by atoms with Gasteiger partial charge in [-0.15, -0.1) is 0 Å². The van der Waals surface area contributed by atoms with E-state index in [1.54, 1.807) is 0 Å². The van der Waals surface area contributed by atoms with E-state index in [0.29, 0.717) is 12.2 Å². The summed E-state index contributed by atoms with van der Waals surface area (Å²) in [7, 11) is 0. The fourth-order valence-corrected chi connectivity index (χ4v) is 2.58. The normalized spacial score (nSPS) is 22.4. The summed E-state index contributed by atoms with van der Waals surface area (Å²) >= 11 is 0. The van der Waals surface area contributed by atoms with Gasteiger partial charge in [-0.2, -0.15) is 0 Å². The van der Waals surface area contributed by atoms with Crippen molar-refractivity contribution < 1.29 is 9.13 Å². The first-order valence-electron chi connectivity index (χ1n) is 5.90. The first-order chi connectivity index (χ1) is 7.75. The Morgan fingerprint density at radius 1 is 1.44 bits per heavy atom. The largest absolute Gasteiger partial charge is 0.493 e. The number of para-hydroxylation sites is 1. The molecule has 0 bridgehead atoms. The molecule has 16 heavy (non-hydrogen) atoms. The summed E-state index contributed by atoms with van der Waals surface area (Å²) in [5.41, 5.74) is 6.06. The molecule has 1 heterocycles. The quantitative estimate of drug-likeness (QED) is 0.848. The number of fused-ring (bicyclic) bond motifs is 1. The van der Waals surface area contributed by atoms with Gasteiger partial charge in [0.25, 0.3) is 0 Å². The predicted octanol–water partition coefficient (Wildman–Crippen LogP) is 2.16. The maximum atomic E-state index is 14.9. The van der Waals surface area contributed by atoms with Gasteiger partial charge in [-0.3, -0.25) is 0 Å². The molecule has 1 aromatic carbocycles. The van der Waals surface area contributed by atoms with Crippen molar-refractivity contribution in [2.45, 2.75) is 24.9 Å². The van der Waals surface area contributed by atoms with E-state index in [-0.39, 0.29) is 12.5 Å². The van der Waals surface area contributed by atoms with Crippen LogP contribution < -0.4 is 10.5 Å². The monoisotopic (exact) mass is 221 g/mol. The van der Waals surface area contributed by atoms with Gasteiger partial charge in [-0.25, -0.2) is 4.39 Å². The highest BCUT2D eigenvalue weighted by Crippen LogP contribution is 2.51. The smallest absolute Gasteiger partial charge is 0.154 e. The number of halogens is 1. The minimum absolute atomic E-state index is 0.0531. The van der Waals surface area contributed by atoms with Gasteiger partial charge in [-0.1, -0.05) is 18.2 Å². The first-order valence-corrected chi connectivity index (χ1v) is 5.90. The molecule has 2 N–H and O–H groups in total. The van der Waals surface area contributed by atoms with Gasteiger partial charge in [0, 0.05) is 18.5 Å². The molecule has 86 valence electrons. The van der Waals surface area contributed by atoms with Gasteiger partial charge in [0.15, 0.2) is 5.67 Å². The maximum Gasteiger partial charge on any atom is 0.154 e. The summed E-state index contributed by atoms with van der Waals surface area (Å²) in [6, 6.07) is 5.75. The summed E-state index contributed by atoms with van der Waals surface area (Å²) < 4.78 is 20.4. The summed E-state index contributed by atoms with van der Waals surface area (Å²) in [5.74, 6) is 0.843. The van der Waals surface area contributed by atoms with Crippen LogP contribution in [0.5, 0.6) is 5.75 Å². The highest BCUT2D eigenvalue weighted by molar-refractivity contribution is 5.48. The lowest BCUT2D eigenvalue weighted by molar-refractivity contribution is 0.138. The minimum atomic E-state index is -1.38. The number of ether oxygens (including phenoxy) is 1. The molecule has 0 radical (unpaired) electrons. The van der Waals surface area contributed by atoms with Gasteiger partial charge in [0.2, 0.25) is 0 Å². The Kier molecular flexibility index (Phi) is 2.18. The number of rotatable bonds is 3. The van der Waals surface area contributed by atoms with E-state index in [1.165, 1.54) is 0 Å². The van der Waals surface area contributed by atoms with Crippen LogP contribution in [-0.2, 0) is 12.1 Å². The van der Waals surface area contributed by atoms with E-state index in [2.05, 4.69) is 0 Å². The highest BCUT2D eigenvalue weighted by atomic mass is 19.1. The molecule has 0 spiro atoms. The van der Waals surface area contributed by atoms with Crippen molar-refractivity contribution >= 4 is 0 Å². The average molecular weight is 221 g/mol. The Bertz CT molecular complexity index is 416. The molecule has 1 unspecified atom stereocenters. The fraction of sp³-hybridized carbons (Fsp3) is 0.538. The Morgan fingerprint density at radius 3 is 2.94 bits per heavy atom. The third-order valence-corrected chi connectivity index (χ3v) is 3.68. The predicted molar refractivity (Wildman–Crippen MR) is 60.2 cm³/mol. The standard InChI is InChI=1S/C13H16FNO/c14-13(8-15,10-4-5-10)11-3-1-2-9-6-7-16-12(9)11/h1-3,10H,4-8,15H2. The average Bonchev–Trinajstić information content (AvgIpc) is 3.06. The third kappa shape index (κ3) is 1.34. The second-order valence-corrected chi connectivity index (χ2v) is 4.73. The number of benzene rings is 1. The maximum absolute atomic E-state index is 14.9. The molecule has 0 aromatic heterocycles. The number of nitrogens with two attached hydrogens (primary N) is 1. The lowest BCUT2D eigenvalue weighted by atomic mass is 9.88.